The van der Waals surface area contributed by atoms with E-state index in [2.05, 4.69) is 27.7 Å². The predicted molar refractivity (Wildman–Crippen MR) is 106 cm³/mol. The third-order valence-corrected chi connectivity index (χ3v) is 4.48. The molecule has 5 nitrogen and oxygen atoms in total. The first-order chi connectivity index (χ1) is 12.8. The SMILES string of the molecule is O=C(CNc1ccccc1N1CCCCC1)NCCOc1ccccc1. The lowest BCUT2D eigenvalue weighted by molar-refractivity contribution is -0.119. The zero-order valence-electron chi connectivity index (χ0n) is 15.1. The van der Waals surface area contributed by atoms with E-state index in [1.807, 2.05) is 42.5 Å². The lowest BCUT2D eigenvalue weighted by Gasteiger charge is -2.30. The van der Waals surface area contributed by atoms with Crippen LogP contribution in [0.2, 0.25) is 0 Å². The number of anilines is 2. The molecule has 0 atom stereocenters. The van der Waals surface area contributed by atoms with Crippen molar-refractivity contribution in [1.82, 2.24) is 5.32 Å². The number of carbonyl (C=O) groups is 1. The second kappa shape index (κ2) is 9.70. The van der Waals surface area contributed by atoms with Crippen molar-refractivity contribution in [1.29, 1.82) is 0 Å². The standard InChI is InChI=1S/C21H27N3O2/c25-21(22-13-16-26-18-9-3-1-4-10-18)17-23-19-11-5-6-12-20(19)24-14-7-2-8-15-24/h1,3-6,9-12,23H,2,7-8,13-17H2,(H,22,25). The number of carbonyl (C=O) groups excluding carboxylic acids is 1. The van der Waals surface area contributed by atoms with Crippen LogP contribution in [0.5, 0.6) is 5.75 Å². The zero-order valence-corrected chi connectivity index (χ0v) is 15.1. The Balaban J connectivity index is 1.41. The minimum atomic E-state index is -0.0323. The van der Waals surface area contributed by atoms with Crippen LogP contribution >= 0.6 is 0 Å². The van der Waals surface area contributed by atoms with Gasteiger partial charge in [0, 0.05) is 13.1 Å². The molecular weight excluding hydrogens is 326 g/mol. The van der Waals surface area contributed by atoms with Gasteiger partial charge in [0.25, 0.3) is 0 Å². The predicted octanol–water partition coefficient (Wildman–Crippen LogP) is 3.28. The van der Waals surface area contributed by atoms with E-state index in [9.17, 15) is 4.79 Å². The molecule has 0 spiro atoms. The third-order valence-electron chi connectivity index (χ3n) is 4.48. The summed E-state index contributed by atoms with van der Waals surface area (Å²) in [7, 11) is 0. The van der Waals surface area contributed by atoms with Crippen molar-refractivity contribution in [3.8, 4) is 5.75 Å². The van der Waals surface area contributed by atoms with E-state index in [4.69, 9.17) is 4.74 Å². The first-order valence-corrected chi connectivity index (χ1v) is 9.35. The molecule has 0 aliphatic carbocycles. The van der Waals surface area contributed by atoms with Crippen molar-refractivity contribution < 1.29 is 9.53 Å². The van der Waals surface area contributed by atoms with Gasteiger partial charge < -0.3 is 20.3 Å². The monoisotopic (exact) mass is 353 g/mol. The Morgan fingerprint density at radius 3 is 2.50 bits per heavy atom. The van der Waals surface area contributed by atoms with E-state index < -0.39 is 0 Å². The van der Waals surface area contributed by atoms with Crippen LogP contribution in [0.4, 0.5) is 11.4 Å². The molecule has 2 aromatic rings. The van der Waals surface area contributed by atoms with Gasteiger partial charge in [-0.15, -0.1) is 0 Å². The fourth-order valence-electron chi connectivity index (χ4n) is 3.15. The molecule has 0 radical (unpaired) electrons. The van der Waals surface area contributed by atoms with Crippen LogP contribution in [0, 0.1) is 0 Å². The number of hydrogen-bond donors (Lipinski definition) is 2. The van der Waals surface area contributed by atoms with E-state index in [-0.39, 0.29) is 12.5 Å². The third kappa shape index (κ3) is 5.41. The summed E-state index contributed by atoms with van der Waals surface area (Å²) in [6.45, 7) is 3.38. The van der Waals surface area contributed by atoms with Crippen LogP contribution in [0.25, 0.3) is 0 Å². The number of para-hydroxylation sites is 3. The van der Waals surface area contributed by atoms with Crippen molar-refractivity contribution >= 4 is 17.3 Å². The van der Waals surface area contributed by atoms with E-state index in [1.54, 1.807) is 0 Å². The van der Waals surface area contributed by atoms with Crippen molar-refractivity contribution in [3.63, 3.8) is 0 Å². The van der Waals surface area contributed by atoms with Gasteiger partial charge in [-0.1, -0.05) is 30.3 Å². The first kappa shape index (κ1) is 18.1. The highest BCUT2D eigenvalue weighted by Gasteiger charge is 2.14. The fourth-order valence-corrected chi connectivity index (χ4v) is 3.15. The molecule has 5 heteroatoms. The molecule has 0 aromatic heterocycles. The van der Waals surface area contributed by atoms with E-state index in [0.717, 1.165) is 24.5 Å². The van der Waals surface area contributed by atoms with Crippen LogP contribution < -0.4 is 20.3 Å². The summed E-state index contributed by atoms with van der Waals surface area (Å²) in [6.07, 6.45) is 3.77. The topological polar surface area (TPSA) is 53.6 Å². The van der Waals surface area contributed by atoms with Gasteiger partial charge in [0.2, 0.25) is 5.91 Å². The molecule has 1 amide bonds. The Bertz CT molecular complexity index is 685. The molecule has 0 bridgehead atoms. The van der Waals surface area contributed by atoms with Crippen molar-refractivity contribution in [2.75, 3.05) is 43.0 Å². The summed E-state index contributed by atoms with van der Waals surface area (Å²) in [5, 5.41) is 6.16. The summed E-state index contributed by atoms with van der Waals surface area (Å²) in [6, 6.07) is 17.8. The lowest BCUT2D eigenvalue weighted by Crippen LogP contribution is -2.34. The first-order valence-electron chi connectivity index (χ1n) is 9.35. The Labute approximate surface area is 155 Å². The summed E-state index contributed by atoms with van der Waals surface area (Å²) in [4.78, 5) is 14.5. The van der Waals surface area contributed by atoms with E-state index in [1.165, 1.54) is 24.9 Å². The van der Waals surface area contributed by atoms with Crippen LogP contribution in [0.1, 0.15) is 19.3 Å². The molecule has 1 aliphatic heterocycles. The van der Waals surface area contributed by atoms with Gasteiger partial charge in [-0.25, -0.2) is 0 Å². The number of rotatable bonds is 8. The minimum absolute atomic E-state index is 0.0323. The Kier molecular flexibility index (Phi) is 6.76. The van der Waals surface area contributed by atoms with Gasteiger partial charge >= 0.3 is 0 Å². The van der Waals surface area contributed by atoms with Crippen molar-refractivity contribution in [2.24, 2.45) is 0 Å². The number of nitrogens with zero attached hydrogens (tertiary/aromatic N) is 1. The molecule has 1 aliphatic rings. The zero-order chi connectivity index (χ0) is 18.0. The normalized spacial score (nSPS) is 13.9. The molecule has 1 fully saturated rings. The average Bonchev–Trinajstić information content (AvgIpc) is 2.71. The number of amides is 1. The maximum absolute atomic E-state index is 12.1. The number of nitrogens with one attached hydrogen (secondary N) is 2. The highest BCUT2D eigenvalue weighted by atomic mass is 16.5. The van der Waals surface area contributed by atoms with Gasteiger partial charge in [0.1, 0.15) is 12.4 Å². The van der Waals surface area contributed by atoms with Crippen LogP contribution in [-0.2, 0) is 4.79 Å². The largest absolute Gasteiger partial charge is 0.492 e. The van der Waals surface area contributed by atoms with Gasteiger partial charge in [-0.05, 0) is 43.5 Å². The lowest BCUT2D eigenvalue weighted by atomic mass is 10.1. The molecular formula is C21H27N3O2. The minimum Gasteiger partial charge on any atom is -0.492 e. The van der Waals surface area contributed by atoms with Gasteiger partial charge in [-0.2, -0.15) is 0 Å². The van der Waals surface area contributed by atoms with Crippen LogP contribution in [0.15, 0.2) is 54.6 Å². The van der Waals surface area contributed by atoms with Crippen molar-refractivity contribution in [2.45, 2.75) is 19.3 Å². The summed E-state index contributed by atoms with van der Waals surface area (Å²) in [5.41, 5.74) is 2.21. The molecule has 26 heavy (non-hydrogen) atoms. The quantitative estimate of drug-likeness (QED) is 0.715. The molecule has 1 heterocycles. The van der Waals surface area contributed by atoms with E-state index >= 15 is 0 Å². The van der Waals surface area contributed by atoms with Gasteiger partial charge in [-0.3, -0.25) is 4.79 Å². The molecule has 2 N–H and O–H groups in total. The average molecular weight is 353 g/mol. The number of piperidine rings is 1. The van der Waals surface area contributed by atoms with Crippen LogP contribution in [-0.4, -0.2) is 38.7 Å². The summed E-state index contributed by atoms with van der Waals surface area (Å²) < 4.78 is 5.58. The molecule has 3 rings (SSSR count). The molecule has 138 valence electrons. The fraction of sp³-hybridized carbons (Fsp3) is 0.381. The Morgan fingerprint density at radius 1 is 0.962 bits per heavy atom. The van der Waals surface area contributed by atoms with Gasteiger partial charge in [0.05, 0.1) is 24.5 Å². The summed E-state index contributed by atoms with van der Waals surface area (Å²) >= 11 is 0. The van der Waals surface area contributed by atoms with Crippen LogP contribution in [0.3, 0.4) is 0 Å². The smallest absolute Gasteiger partial charge is 0.239 e. The molecule has 0 saturated carbocycles. The Morgan fingerprint density at radius 2 is 1.69 bits per heavy atom. The second-order valence-corrected chi connectivity index (χ2v) is 6.43. The maximum atomic E-state index is 12.1. The van der Waals surface area contributed by atoms with Crippen molar-refractivity contribution in [3.05, 3.63) is 54.6 Å². The highest BCUT2D eigenvalue weighted by Crippen LogP contribution is 2.27. The van der Waals surface area contributed by atoms with Gasteiger partial charge in [0.15, 0.2) is 0 Å². The number of hydrogen-bond acceptors (Lipinski definition) is 4. The number of ether oxygens (including phenoxy) is 1. The highest BCUT2D eigenvalue weighted by molar-refractivity contribution is 5.82. The Hall–Kier alpha value is -2.69. The van der Waals surface area contributed by atoms with E-state index in [0.29, 0.717) is 13.2 Å². The summed E-state index contributed by atoms with van der Waals surface area (Å²) in [5.74, 6) is 0.783. The maximum Gasteiger partial charge on any atom is 0.239 e. The number of benzene rings is 2. The molecule has 0 unspecified atom stereocenters. The second-order valence-electron chi connectivity index (χ2n) is 6.43. The molecule has 2 aromatic carbocycles. The molecule has 1 saturated heterocycles.